The van der Waals surface area contributed by atoms with Gasteiger partial charge in [-0.1, -0.05) is 40.9 Å². The van der Waals surface area contributed by atoms with Crippen LogP contribution in [0.4, 0.5) is 0 Å². The SMILES string of the molecule is Cc1cc(OCC(=O)N(Cc2c(Cl)cccc2Cl)[C@@H](C)C(=O)NC(C)C)cc(C)c1Cl. The van der Waals surface area contributed by atoms with E-state index in [1.807, 2.05) is 27.7 Å². The number of nitrogens with zero attached hydrogens (tertiary/aromatic N) is 1. The van der Waals surface area contributed by atoms with Crippen molar-refractivity contribution >= 4 is 46.6 Å². The molecular weight excluding hydrogens is 459 g/mol. The molecule has 0 aliphatic rings. The van der Waals surface area contributed by atoms with Gasteiger partial charge in [0.25, 0.3) is 5.91 Å². The van der Waals surface area contributed by atoms with Crippen molar-refractivity contribution in [1.82, 2.24) is 10.2 Å². The van der Waals surface area contributed by atoms with Gasteiger partial charge in [0.2, 0.25) is 5.91 Å². The molecule has 0 saturated carbocycles. The normalized spacial score (nSPS) is 11.9. The summed E-state index contributed by atoms with van der Waals surface area (Å²) in [6.45, 7) is 8.94. The van der Waals surface area contributed by atoms with Crippen LogP contribution in [0.15, 0.2) is 30.3 Å². The van der Waals surface area contributed by atoms with E-state index >= 15 is 0 Å². The van der Waals surface area contributed by atoms with Gasteiger partial charge >= 0.3 is 0 Å². The first-order chi connectivity index (χ1) is 14.5. The lowest BCUT2D eigenvalue weighted by molar-refractivity contribution is -0.142. The molecule has 5 nitrogen and oxygen atoms in total. The highest BCUT2D eigenvalue weighted by Gasteiger charge is 2.28. The lowest BCUT2D eigenvalue weighted by Crippen LogP contribution is -2.50. The standard InChI is InChI=1S/C23H27Cl3N2O3/c1-13(2)27-23(30)16(5)28(11-18-19(24)7-6-8-20(18)25)21(29)12-31-17-9-14(3)22(26)15(4)10-17/h6-10,13,16H,11-12H2,1-5H3,(H,27,30)/t16-/m0/s1. The van der Waals surface area contributed by atoms with Gasteiger partial charge in [-0.3, -0.25) is 9.59 Å². The molecule has 2 rings (SSSR count). The second kappa shape index (κ2) is 11.1. The molecule has 168 valence electrons. The smallest absolute Gasteiger partial charge is 0.261 e. The van der Waals surface area contributed by atoms with E-state index in [4.69, 9.17) is 39.5 Å². The maximum Gasteiger partial charge on any atom is 0.261 e. The number of carbonyl (C=O) groups is 2. The first kappa shape index (κ1) is 25.3. The van der Waals surface area contributed by atoms with E-state index < -0.39 is 6.04 Å². The van der Waals surface area contributed by atoms with Crippen molar-refractivity contribution in [3.63, 3.8) is 0 Å². The van der Waals surface area contributed by atoms with Crippen LogP contribution in [0, 0.1) is 13.8 Å². The van der Waals surface area contributed by atoms with E-state index in [-0.39, 0.29) is 31.0 Å². The Morgan fingerprint density at radius 1 is 1.03 bits per heavy atom. The zero-order valence-corrected chi connectivity index (χ0v) is 20.5. The van der Waals surface area contributed by atoms with Gasteiger partial charge in [-0.25, -0.2) is 0 Å². The zero-order valence-electron chi connectivity index (χ0n) is 18.3. The minimum absolute atomic E-state index is 0.0629. The van der Waals surface area contributed by atoms with Crippen molar-refractivity contribution < 1.29 is 14.3 Å². The summed E-state index contributed by atoms with van der Waals surface area (Å²) in [6, 6.07) is 7.84. The van der Waals surface area contributed by atoms with Crippen LogP contribution in [-0.2, 0) is 16.1 Å². The molecule has 0 saturated heterocycles. The van der Waals surface area contributed by atoms with Crippen LogP contribution in [0.5, 0.6) is 5.75 Å². The minimum atomic E-state index is -0.750. The fraction of sp³-hybridized carbons (Fsp3) is 0.391. The predicted molar refractivity (Wildman–Crippen MR) is 126 cm³/mol. The van der Waals surface area contributed by atoms with Crippen molar-refractivity contribution in [2.75, 3.05) is 6.61 Å². The summed E-state index contributed by atoms with van der Waals surface area (Å²) in [5.41, 5.74) is 2.28. The summed E-state index contributed by atoms with van der Waals surface area (Å²) in [6.07, 6.45) is 0. The number of amides is 2. The Morgan fingerprint density at radius 3 is 2.10 bits per heavy atom. The molecule has 0 aromatic heterocycles. The van der Waals surface area contributed by atoms with Crippen molar-refractivity contribution in [2.24, 2.45) is 0 Å². The fourth-order valence-corrected chi connectivity index (χ4v) is 3.69. The van der Waals surface area contributed by atoms with Gasteiger partial charge in [0.05, 0.1) is 0 Å². The van der Waals surface area contributed by atoms with E-state index in [1.165, 1.54) is 4.90 Å². The molecule has 8 heteroatoms. The van der Waals surface area contributed by atoms with Crippen LogP contribution in [0.2, 0.25) is 15.1 Å². The summed E-state index contributed by atoms with van der Waals surface area (Å²) < 4.78 is 5.73. The third-order valence-electron chi connectivity index (χ3n) is 4.76. The molecule has 0 unspecified atom stereocenters. The highest BCUT2D eigenvalue weighted by molar-refractivity contribution is 6.36. The van der Waals surface area contributed by atoms with Crippen LogP contribution >= 0.6 is 34.8 Å². The monoisotopic (exact) mass is 484 g/mol. The molecule has 1 atom stereocenters. The number of benzene rings is 2. The van der Waals surface area contributed by atoms with E-state index in [0.717, 1.165) is 11.1 Å². The molecule has 0 spiro atoms. The summed E-state index contributed by atoms with van der Waals surface area (Å²) in [7, 11) is 0. The lowest BCUT2D eigenvalue weighted by atomic mass is 10.1. The number of nitrogens with one attached hydrogen (secondary N) is 1. The van der Waals surface area contributed by atoms with Gasteiger partial charge < -0.3 is 15.0 Å². The third kappa shape index (κ3) is 6.76. The Kier molecular flexibility index (Phi) is 9.04. The minimum Gasteiger partial charge on any atom is -0.484 e. The number of hydrogen-bond acceptors (Lipinski definition) is 3. The zero-order chi connectivity index (χ0) is 23.3. The predicted octanol–water partition coefficient (Wildman–Crippen LogP) is 5.58. The number of aryl methyl sites for hydroxylation is 2. The molecule has 2 aromatic carbocycles. The molecule has 0 bridgehead atoms. The Balaban J connectivity index is 2.26. The molecule has 0 fully saturated rings. The van der Waals surface area contributed by atoms with Crippen molar-refractivity contribution in [2.45, 2.75) is 53.2 Å². The maximum absolute atomic E-state index is 13.1. The van der Waals surface area contributed by atoms with Gasteiger partial charge in [0.15, 0.2) is 6.61 Å². The van der Waals surface area contributed by atoms with Crippen LogP contribution < -0.4 is 10.1 Å². The van der Waals surface area contributed by atoms with Gasteiger partial charge in [0.1, 0.15) is 11.8 Å². The molecule has 0 heterocycles. The van der Waals surface area contributed by atoms with Crippen LogP contribution in [0.1, 0.15) is 37.5 Å². The molecule has 31 heavy (non-hydrogen) atoms. The van der Waals surface area contributed by atoms with E-state index in [2.05, 4.69) is 5.32 Å². The van der Waals surface area contributed by atoms with Crippen molar-refractivity contribution in [3.8, 4) is 5.75 Å². The van der Waals surface area contributed by atoms with E-state index in [9.17, 15) is 9.59 Å². The average molecular weight is 486 g/mol. The van der Waals surface area contributed by atoms with Gasteiger partial charge in [-0.2, -0.15) is 0 Å². The summed E-state index contributed by atoms with van der Waals surface area (Å²) in [4.78, 5) is 27.2. The third-order valence-corrected chi connectivity index (χ3v) is 6.07. The number of rotatable bonds is 8. The molecule has 0 radical (unpaired) electrons. The Morgan fingerprint density at radius 2 is 1.58 bits per heavy atom. The Labute approximate surface area is 198 Å². The first-order valence-electron chi connectivity index (χ1n) is 9.93. The average Bonchev–Trinajstić information content (AvgIpc) is 2.69. The van der Waals surface area contributed by atoms with Gasteiger partial charge in [-0.15, -0.1) is 0 Å². The lowest BCUT2D eigenvalue weighted by Gasteiger charge is -2.30. The topological polar surface area (TPSA) is 58.6 Å². The van der Waals surface area contributed by atoms with Gasteiger partial charge in [-0.05, 0) is 70.0 Å². The molecule has 2 aromatic rings. The van der Waals surface area contributed by atoms with Gasteiger partial charge in [0, 0.05) is 33.2 Å². The van der Waals surface area contributed by atoms with Crippen LogP contribution in [-0.4, -0.2) is 35.4 Å². The molecule has 2 amide bonds. The summed E-state index contributed by atoms with van der Waals surface area (Å²) in [5.74, 6) is -0.111. The highest BCUT2D eigenvalue weighted by atomic mass is 35.5. The molecule has 1 N–H and O–H groups in total. The number of halogens is 3. The Hall–Kier alpha value is -1.95. The van der Waals surface area contributed by atoms with E-state index in [0.29, 0.717) is 26.4 Å². The van der Waals surface area contributed by atoms with Crippen molar-refractivity contribution in [1.29, 1.82) is 0 Å². The molecular formula is C23H27Cl3N2O3. The summed E-state index contributed by atoms with van der Waals surface area (Å²) in [5, 5.41) is 4.34. The number of carbonyl (C=O) groups excluding carboxylic acids is 2. The molecule has 0 aliphatic carbocycles. The quantitative estimate of drug-likeness (QED) is 0.531. The summed E-state index contributed by atoms with van der Waals surface area (Å²) >= 11 is 18.8. The maximum atomic E-state index is 13.1. The second-order valence-corrected chi connectivity index (χ2v) is 8.91. The second-order valence-electron chi connectivity index (χ2n) is 7.72. The Bertz CT molecular complexity index is 920. The van der Waals surface area contributed by atoms with Crippen LogP contribution in [0.25, 0.3) is 0 Å². The van der Waals surface area contributed by atoms with Crippen molar-refractivity contribution in [3.05, 3.63) is 62.1 Å². The largest absolute Gasteiger partial charge is 0.484 e. The van der Waals surface area contributed by atoms with Crippen LogP contribution in [0.3, 0.4) is 0 Å². The highest BCUT2D eigenvalue weighted by Crippen LogP contribution is 2.28. The first-order valence-corrected chi connectivity index (χ1v) is 11.1. The number of ether oxygens (including phenoxy) is 1. The molecule has 0 aliphatic heterocycles. The fourth-order valence-electron chi connectivity index (χ4n) is 3.06. The number of hydrogen-bond donors (Lipinski definition) is 1. The van der Waals surface area contributed by atoms with E-state index in [1.54, 1.807) is 37.3 Å².